The number of aryl methyl sites for hydroxylation is 1. The molecular formula is C26H25N3O5. The summed E-state index contributed by atoms with van der Waals surface area (Å²) >= 11 is 0. The number of nitrogens with zero attached hydrogens (tertiary/aromatic N) is 2. The van der Waals surface area contributed by atoms with Crippen LogP contribution in [0.15, 0.2) is 60.7 Å². The van der Waals surface area contributed by atoms with E-state index in [-0.39, 0.29) is 53.3 Å². The van der Waals surface area contributed by atoms with Gasteiger partial charge in [0.1, 0.15) is 0 Å². The fourth-order valence-electron chi connectivity index (χ4n) is 5.65. The van der Waals surface area contributed by atoms with Crippen molar-refractivity contribution in [2.75, 3.05) is 5.32 Å². The number of carbonyl (C=O) groups excluding carboxylic acids is 3. The molecule has 1 N–H and O–H groups in total. The predicted octanol–water partition coefficient (Wildman–Crippen LogP) is 4.03. The summed E-state index contributed by atoms with van der Waals surface area (Å²) in [5.74, 6) is -1.38. The van der Waals surface area contributed by atoms with E-state index in [4.69, 9.17) is 0 Å². The number of likely N-dealkylation sites (tertiary alicyclic amines) is 1. The molecule has 5 unspecified atom stereocenters. The molecule has 2 bridgehead atoms. The van der Waals surface area contributed by atoms with Crippen LogP contribution >= 0.6 is 0 Å². The van der Waals surface area contributed by atoms with Gasteiger partial charge in [0.05, 0.1) is 29.2 Å². The minimum Gasteiger partial charge on any atom is -0.326 e. The number of fused-ring (bicyclic) bond motifs is 5. The molecule has 34 heavy (non-hydrogen) atoms. The lowest BCUT2D eigenvalue weighted by molar-refractivity contribution is -0.384. The molecule has 2 fully saturated rings. The number of hydrogen-bond donors (Lipinski definition) is 1. The monoisotopic (exact) mass is 459 g/mol. The van der Waals surface area contributed by atoms with Crippen molar-refractivity contribution in [1.29, 1.82) is 0 Å². The number of carbonyl (C=O) groups is 3. The molecule has 0 aromatic heterocycles. The Bertz CT molecular complexity index is 1180. The standard InChI is InChI=1S/C26H25N3O5/c1-2-15-6-8-16(9-7-15)21(14-22(30)27-19-4-3-5-20(13-19)29(33)34)28-25(31)23-17-10-11-18(12-17)24(23)26(28)32/h3-11,13,17-18,21,23-24H,2,12,14H2,1H3,(H,27,30). The molecule has 2 aliphatic carbocycles. The van der Waals surface area contributed by atoms with Gasteiger partial charge < -0.3 is 5.32 Å². The molecular weight excluding hydrogens is 434 g/mol. The third-order valence-corrected chi connectivity index (χ3v) is 7.31. The number of amides is 3. The number of nitro groups is 1. The molecule has 5 atom stereocenters. The second-order valence-corrected chi connectivity index (χ2v) is 9.22. The number of nitrogens with one attached hydrogen (secondary N) is 1. The molecule has 3 amide bonds. The molecule has 5 rings (SSSR count). The van der Waals surface area contributed by atoms with Crippen LogP contribution in [0.3, 0.4) is 0 Å². The molecule has 1 saturated heterocycles. The lowest BCUT2D eigenvalue weighted by Crippen LogP contribution is -2.38. The van der Waals surface area contributed by atoms with Crippen molar-refractivity contribution < 1.29 is 19.3 Å². The van der Waals surface area contributed by atoms with Crippen LogP contribution in [0.5, 0.6) is 0 Å². The summed E-state index contributed by atoms with van der Waals surface area (Å²) in [6, 6.07) is 12.6. The Labute approximate surface area is 196 Å². The molecule has 2 aromatic rings. The van der Waals surface area contributed by atoms with E-state index >= 15 is 0 Å². The summed E-state index contributed by atoms with van der Waals surface area (Å²) < 4.78 is 0. The van der Waals surface area contributed by atoms with Gasteiger partial charge in [-0.15, -0.1) is 0 Å². The average molecular weight is 460 g/mol. The zero-order valence-electron chi connectivity index (χ0n) is 18.7. The highest BCUT2D eigenvalue weighted by Gasteiger charge is 2.60. The van der Waals surface area contributed by atoms with E-state index in [1.807, 2.05) is 43.3 Å². The Morgan fingerprint density at radius 3 is 2.32 bits per heavy atom. The topological polar surface area (TPSA) is 110 Å². The van der Waals surface area contributed by atoms with Gasteiger partial charge in [-0.05, 0) is 41.9 Å². The van der Waals surface area contributed by atoms with Crippen LogP contribution in [-0.4, -0.2) is 27.5 Å². The van der Waals surface area contributed by atoms with Crippen LogP contribution in [-0.2, 0) is 20.8 Å². The van der Waals surface area contributed by atoms with Crippen LogP contribution < -0.4 is 5.32 Å². The minimum absolute atomic E-state index is 0.0817. The number of imide groups is 1. The van der Waals surface area contributed by atoms with Crippen molar-refractivity contribution in [3.8, 4) is 0 Å². The van der Waals surface area contributed by atoms with Gasteiger partial charge in [0, 0.05) is 17.8 Å². The fourth-order valence-corrected chi connectivity index (χ4v) is 5.65. The fraction of sp³-hybridized carbons (Fsp3) is 0.346. The molecule has 2 aromatic carbocycles. The zero-order chi connectivity index (χ0) is 24.0. The first kappa shape index (κ1) is 22.0. The Hall–Kier alpha value is -3.81. The van der Waals surface area contributed by atoms with E-state index in [0.717, 1.165) is 18.4 Å². The summed E-state index contributed by atoms with van der Waals surface area (Å²) in [6.07, 6.45) is 5.64. The number of hydrogen-bond acceptors (Lipinski definition) is 5. The molecule has 174 valence electrons. The van der Waals surface area contributed by atoms with Gasteiger partial charge in [-0.3, -0.25) is 29.4 Å². The van der Waals surface area contributed by atoms with Crippen molar-refractivity contribution in [2.24, 2.45) is 23.7 Å². The van der Waals surface area contributed by atoms with Crippen molar-refractivity contribution in [2.45, 2.75) is 32.2 Å². The second-order valence-electron chi connectivity index (χ2n) is 9.22. The molecule has 1 saturated carbocycles. The summed E-state index contributed by atoms with van der Waals surface area (Å²) in [7, 11) is 0. The van der Waals surface area contributed by atoms with Crippen LogP contribution in [0, 0.1) is 33.8 Å². The molecule has 0 spiro atoms. The number of benzene rings is 2. The van der Waals surface area contributed by atoms with Gasteiger partial charge in [-0.25, -0.2) is 0 Å². The molecule has 8 heteroatoms. The summed E-state index contributed by atoms with van der Waals surface area (Å²) in [5, 5.41) is 13.7. The highest BCUT2D eigenvalue weighted by atomic mass is 16.6. The normalized spacial score (nSPS) is 25.5. The average Bonchev–Trinajstić information content (AvgIpc) is 3.52. The van der Waals surface area contributed by atoms with Crippen LogP contribution in [0.4, 0.5) is 11.4 Å². The maximum atomic E-state index is 13.4. The Kier molecular flexibility index (Phi) is 5.51. The van der Waals surface area contributed by atoms with E-state index in [1.165, 1.54) is 23.1 Å². The number of nitro benzene ring substituents is 1. The maximum Gasteiger partial charge on any atom is 0.271 e. The smallest absolute Gasteiger partial charge is 0.271 e. The number of anilines is 1. The molecule has 1 aliphatic heterocycles. The van der Waals surface area contributed by atoms with Crippen molar-refractivity contribution in [3.05, 3.63) is 81.9 Å². The predicted molar refractivity (Wildman–Crippen MR) is 124 cm³/mol. The van der Waals surface area contributed by atoms with Crippen molar-refractivity contribution in [3.63, 3.8) is 0 Å². The molecule has 8 nitrogen and oxygen atoms in total. The van der Waals surface area contributed by atoms with Crippen LogP contribution in [0.1, 0.15) is 36.9 Å². The van der Waals surface area contributed by atoms with E-state index in [1.54, 1.807) is 6.07 Å². The van der Waals surface area contributed by atoms with E-state index in [2.05, 4.69) is 5.32 Å². The Morgan fingerprint density at radius 2 is 1.74 bits per heavy atom. The van der Waals surface area contributed by atoms with E-state index in [0.29, 0.717) is 5.56 Å². The van der Waals surface area contributed by atoms with Crippen LogP contribution in [0.25, 0.3) is 0 Å². The molecule has 1 heterocycles. The lowest BCUT2D eigenvalue weighted by atomic mass is 9.85. The first-order chi connectivity index (χ1) is 16.4. The Balaban J connectivity index is 1.43. The van der Waals surface area contributed by atoms with Gasteiger partial charge >= 0.3 is 0 Å². The quantitative estimate of drug-likeness (QED) is 0.291. The third kappa shape index (κ3) is 3.69. The second kappa shape index (κ2) is 8.52. The van der Waals surface area contributed by atoms with Gasteiger partial charge in [0.15, 0.2) is 0 Å². The first-order valence-electron chi connectivity index (χ1n) is 11.6. The first-order valence-corrected chi connectivity index (χ1v) is 11.6. The van der Waals surface area contributed by atoms with Gasteiger partial charge in [-0.2, -0.15) is 0 Å². The summed E-state index contributed by atoms with van der Waals surface area (Å²) in [4.78, 5) is 51.7. The van der Waals surface area contributed by atoms with E-state index < -0.39 is 16.9 Å². The van der Waals surface area contributed by atoms with Crippen molar-refractivity contribution >= 4 is 29.1 Å². The number of non-ortho nitro benzene ring substituents is 1. The summed E-state index contributed by atoms with van der Waals surface area (Å²) in [5.41, 5.74) is 1.98. The number of allylic oxidation sites excluding steroid dienone is 2. The maximum absolute atomic E-state index is 13.4. The van der Waals surface area contributed by atoms with Gasteiger partial charge in [0.25, 0.3) is 5.69 Å². The van der Waals surface area contributed by atoms with Crippen molar-refractivity contribution in [1.82, 2.24) is 4.90 Å². The summed E-state index contributed by atoms with van der Waals surface area (Å²) in [6.45, 7) is 2.04. The highest BCUT2D eigenvalue weighted by molar-refractivity contribution is 6.07. The molecule has 0 radical (unpaired) electrons. The SMILES string of the molecule is CCc1ccc(C(CC(=O)Nc2cccc([N+](=O)[O-])c2)N2C(=O)C3C4C=CC(C4)C3C2=O)cc1. The highest BCUT2D eigenvalue weighted by Crippen LogP contribution is 2.54. The third-order valence-electron chi connectivity index (χ3n) is 7.31. The number of rotatable bonds is 7. The minimum atomic E-state index is -0.741. The van der Waals surface area contributed by atoms with Gasteiger partial charge in [-0.1, -0.05) is 49.4 Å². The lowest BCUT2D eigenvalue weighted by Gasteiger charge is -2.28. The van der Waals surface area contributed by atoms with E-state index in [9.17, 15) is 24.5 Å². The zero-order valence-corrected chi connectivity index (χ0v) is 18.7. The van der Waals surface area contributed by atoms with Gasteiger partial charge in [0.2, 0.25) is 17.7 Å². The van der Waals surface area contributed by atoms with Crippen LogP contribution in [0.2, 0.25) is 0 Å². The molecule has 3 aliphatic rings. The largest absolute Gasteiger partial charge is 0.326 e. The Morgan fingerprint density at radius 1 is 1.09 bits per heavy atom.